The average Bonchev–Trinajstić information content (AvgIpc) is 2.66. The standard InChI is InChI=1S/C19H18Cl2N2O3/c1-26-17-4-2-3-13(11-17)18(24)22-5-7-23(8-6-22)19(25)14-9-15(20)12-16(21)10-14/h2-4,9-12H,5-8H2,1H3. The molecule has 1 heterocycles. The van der Waals surface area contributed by atoms with Crippen molar-refractivity contribution < 1.29 is 14.3 Å². The zero-order valence-electron chi connectivity index (χ0n) is 14.2. The molecule has 2 aromatic rings. The second kappa shape index (κ2) is 7.98. The maximum absolute atomic E-state index is 12.6. The van der Waals surface area contributed by atoms with Crippen LogP contribution in [0.1, 0.15) is 20.7 Å². The highest BCUT2D eigenvalue weighted by atomic mass is 35.5. The van der Waals surface area contributed by atoms with Crippen LogP contribution < -0.4 is 4.74 Å². The molecule has 0 atom stereocenters. The number of benzene rings is 2. The summed E-state index contributed by atoms with van der Waals surface area (Å²) >= 11 is 11.9. The van der Waals surface area contributed by atoms with Crippen LogP contribution >= 0.6 is 23.2 Å². The summed E-state index contributed by atoms with van der Waals surface area (Å²) in [5, 5.41) is 0.848. The molecule has 0 radical (unpaired) electrons. The minimum absolute atomic E-state index is 0.0678. The first-order valence-electron chi connectivity index (χ1n) is 8.16. The lowest BCUT2D eigenvalue weighted by atomic mass is 10.1. The number of carbonyl (C=O) groups is 2. The van der Waals surface area contributed by atoms with Crippen LogP contribution in [-0.4, -0.2) is 54.9 Å². The van der Waals surface area contributed by atoms with Crippen LogP contribution in [0.15, 0.2) is 42.5 Å². The van der Waals surface area contributed by atoms with Crippen LogP contribution in [0.5, 0.6) is 5.75 Å². The van der Waals surface area contributed by atoms with Crippen LogP contribution in [0.3, 0.4) is 0 Å². The number of rotatable bonds is 3. The lowest BCUT2D eigenvalue weighted by Crippen LogP contribution is -2.50. The summed E-state index contributed by atoms with van der Waals surface area (Å²) in [6, 6.07) is 11.8. The van der Waals surface area contributed by atoms with Crippen molar-refractivity contribution in [3.8, 4) is 5.75 Å². The van der Waals surface area contributed by atoms with Gasteiger partial charge in [-0.1, -0.05) is 29.3 Å². The predicted molar refractivity (Wildman–Crippen MR) is 101 cm³/mol. The van der Waals surface area contributed by atoms with E-state index in [1.165, 1.54) is 0 Å². The summed E-state index contributed by atoms with van der Waals surface area (Å²) in [5.74, 6) is 0.437. The fourth-order valence-electron chi connectivity index (χ4n) is 2.91. The molecule has 5 nitrogen and oxygen atoms in total. The Hall–Kier alpha value is -2.24. The largest absolute Gasteiger partial charge is 0.497 e. The van der Waals surface area contributed by atoms with Crippen molar-refractivity contribution in [3.63, 3.8) is 0 Å². The van der Waals surface area contributed by atoms with Gasteiger partial charge in [0, 0.05) is 47.4 Å². The number of piperazine rings is 1. The SMILES string of the molecule is COc1cccc(C(=O)N2CCN(C(=O)c3cc(Cl)cc(Cl)c3)CC2)c1. The first-order valence-corrected chi connectivity index (χ1v) is 8.92. The Morgan fingerprint density at radius 2 is 1.38 bits per heavy atom. The van der Waals surface area contributed by atoms with E-state index in [2.05, 4.69) is 0 Å². The van der Waals surface area contributed by atoms with E-state index in [4.69, 9.17) is 27.9 Å². The first kappa shape index (κ1) is 18.5. The summed E-state index contributed by atoms with van der Waals surface area (Å²) in [6.45, 7) is 1.85. The van der Waals surface area contributed by atoms with Crippen LogP contribution in [0.2, 0.25) is 10.0 Å². The number of nitrogens with zero attached hydrogens (tertiary/aromatic N) is 2. The third-order valence-corrected chi connectivity index (χ3v) is 4.72. The number of carbonyl (C=O) groups excluding carboxylic acids is 2. The van der Waals surface area contributed by atoms with Gasteiger partial charge in [-0.15, -0.1) is 0 Å². The lowest BCUT2D eigenvalue weighted by molar-refractivity contribution is 0.0535. The number of amides is 2. The van der Waals surface area contributed by atoms with Gasteiger partial charge in [-0.3, -0.25) is 9.59 Å². The monoisotopic (exact) mass is 392 g/mol. The maximum atomic E-state index is 12.6. The minimum atomic E-state index is -0.136. The molecule has 2 aromatic carbocycles. The summed E-state index contributed by atoms with van der Waals surface area (Å²) < 4.78 is 5.16. The molecular weight excluding hydrogens is 375 g/mol. The van der Waals surface area contributed by atoms with E-state index in [0.717, 1.165) is 0 Å². The topological polar surface area (TPSA) is 49.9 Å². The Kier molecular flexibility index (Phi) is 5.69. The van der Waals surface area contributed by atoms with E-state index in [1.807, 2.05) is 0 Å². The summed E-state index contributed by atoms with van der Waals surface area (Å²) in [6.07, 6.45) is 0. The van der Waals surface area contributed by atoms with E-state index >= 15 is 0 Å². The highest BCUT2D eigenvalue weighted by Gasteiger charge is 2.26. The third kappa shape index (κ3) is 4.11. The first-order chi connectivity index (χ1) is 12.5. The minimum Gasteiger partial charge on any atom is -0.497 e. The fourth-order valence-corrected chi connectivity index (χ4v) is 3.44. The van der Waals surface area contributed by atoms with Crippen LogP contribution in [0, 0.1) is 0 Å². The van der Waals surface area contributed by atoms with Gasteiger partial charge in [0.2, 0.25) is 0 Å². The van der Waals surface area contributed by atoms with Crippen molar-refractivity contribution in [2.75, 3.05) is 33.3 Å². The van der Waals surface area contributed by atoms with Crippen molar-refractivity contribution >= 4 is 35.0 Å². The van der Waals surface area contributed by atoms with Crippen LogP contribution in [0.4, 0.5) is 0 Å². The van der Waals surface area contributed by atoms with Gasteiger partial charge in [0.1, 0.15) is 5.75 Å². The van der Waals surface area contributed by atoms with Crippen LogP contribution in [-0.2, 0) is 0 Å². The van der Waals surface area contributed by atoms with Gasteiger partial charge in [-0.05, 0) is 36.4 Å². The molecule has 0 aromatic heterocycles. The second-order valence-corrected chi connectivity index (χ2v) is 6.85. The van der Waals surface area contributed by atoms with Gasteiger partial charge < -0.3 is 14.5 Å². The molecule has 1 aliphatic rings. The molecule has 1 saturated heterocycles. The number of hydrogen-bond acceptors (Lipinski definition) is 3. The summed E-state index contributed by atoms with van der Waals surface area (Å²) in [5.41, 5.74) is 1.03. The number of methoxy groups -OCH3 is 1. The second-order valence-electron chi connectivity index (χ2n) is 5.97. The normalized spacial score (nSPS) is 14.3. The quantitative estimate of drug-likeness (QED) is 0.801. The Bertz CT molecular complexity index is 813. The molecule has 0 N–H and O–H groups in total. The number of halogens is 2. The molecule has 7 heteroatoms. The summed E-state index contributed by atoms with van der Waals surface area (Å²) in [7, 11) is 1.57. The van der Waals surface area contributed by atoms with Gasteiger partial charge in [-0.25, -0.2) is 0 Å². The van der Waals surface area contributed by atoms with Gasteiger partial charge in [-0.2, -0.15) is 0 Å². The van der Waals surface area contributed by atoms with E-state index < -0.39 is 0 Å². The van der Waals surface area contributed by atoms with Gasteiger partial charge >= 0.3 is 0 Å². The molecule has 0 aliphatic carbocycles. The van der Waals surface area contributed by atoms with Gasteiger partial charge in [0.05, 0.1) is 7.11 Å². The highest BCUT2D eigenvalue weighted by molar-refractivity contribution is 6.35. The van der Waals surface area contributed by atoms with Crippen molar-refractivity contribution in [3.05, 3.63) is 63.6 Å². The zero-order valence-corrected chi connectivity index (χ0v) is 15.8. The molecule has 0 bridgehead atoms. The van der Waals surface area contributed by atoms with Crippen molar-refractivity contribution in [1.29, 1.82) is 0 Å². The lowest BCUT2D eigenvalue weighted by Gasteiger charge is -2.35. The molecule has 1 aliphatic heterocycles. The molecule has 0 unspecified atom stereocenters. The predicted octanol–water partition coefficient (Wildman–Crippen LogP) is 3.60. The Labute approximate surface area is 162 Å². The van der Waals surface area contributed by atoms with Crippen LogP contribution in [0.25, 0.3) is 0 Å². The average molecular weight is 393 g/mol. The summed E-state index contributed by atoms with van der Waals surface area (Å²) in [4.78, 5) is 28.7. The Balaban J connectivity index is 1.65. The number of hydrogen-bond donors (Lipinski definition) is 0. The Morgan fingerprint density at radius 3 is 1.92 bits per heavy atom. The Morgan fingerprint density at radius 1 is 0.846 bits per heavy atom. The van der Waals surface area contributed by atoms with E-state index in [1.54, 1.807) is 59.4 Å². The van der Waals surface area contributed by atoms with Gasteiger partial charge in [0.25, 0.3) is 11.8 Å². The third-order valence-electron chi connectivity index (χ3n) is 4.28. The molecule has 0 saturated carbocycles. The highest BCUT2D eigenvalue weighted by Crippen LogP contribution is 2.21. The molecule has 0 spiro atoms. The zero-order chi connectivity index (χ0) is 18.7. The van der Waals surface area contributed by atoms with E-state index in [-0.39, 0.29) is 11.8 Å². The smallest absolute Gasteiger partial charge is 0.254 e. The molecule has 26 heavy (non-hydrogen) atoms. The molecule has 2 amide bonds. The maximum Gasteiger partial charge on any atom is 0.254 e. The fraction of sp³-hybridized carbons (Fsp3) is 0.263. The number of ether oxygens (including phenoxy) is 1. The van der Waals surface area contributed by atoms with E-state index in [9.17, 15) is 9.59 Å². The van der Waals surface area contributed by atoms with Crippen molar-refractivity contribution in [1.82, 2.24) is 9.80 Å². The van der Waals surface area contributed by atoms with Crippen molar-refractivity contribution in [2.24, 2.45) is 0 Å². The molecule has 3 rings (SSSR count). The molecular formula is C19H18Cl2N2O3. The molecule has 1 fully saturated rings. The molecule has 136 valence electrons. The van der Waals surface area contributed by atoms with Crippen molar-refractivity contribution in [2.45, 2.75) is 0 Å². The van der Waals surface area contributed by atoms with Gasteiger partial charge in [0.15, 0.2) is 0 Å². The van der Waals surface area contributed by atoms with E-state index in [0.29, 0.717) is 53.1 Å².